The van der Waals surface area contributed by atoms with Gasteiger partial charge < -0.3 is 5.32 Å². The molecule has 0 aromatic rings. The lowest BCUT2D eigenvalue weighted by molar-refractivity contribution is 0.547. The molecule has 0 amide bonds. The molecule has 0 aliphatic rings. The van der Waals surface area contributed by atoms with Gasteiger partial charge in [-0.2, -0.15) is 0 Å². The van der Waals surface area contributed by atoms with Crippen molar-refractivity contribution < 1.29 is 0 Å². The van der Waals surface area contributed by atoms with Crippen LogP contribution in [0.15, 0.2) is 0 Å². The topological polar surface area (TPSA) is 12.0 Å². The standard InChI is InChI=1S/C8H15N/c1-5-6-7-8(2,3)9-4/h9H,5H2,1-4H3. The predicted molar refractivity (Wildman–Crippen MR) is 41.2 cm³/mol. The minimum absolute atomic E-state index is 0.0178. The number of rotatable bonds is 1. The lowest BCUT2D eigenvalue weighted by atomic mass is 10.1. The van der Waals surface area contributed by atoms with Crippen LogP contribution in [0.3, 0.4) is 0 Å². The van der Waals surface area contributed by atoms with Gasteiger partial charge in [0.25, 0.3) is 0 Å². The molecule has 52 valence electrons. The monoisotopic (exact) mass is 125 g/mol. The van der Waals surface area contributed by atoms with Crippen molar-refractivity contribution >= 4 is 0 Å². The van der Waals surface area contributed by atoms with E-state index in [1.807, 2.05) is 7.05 Å². The van der Waals surface area contributed by atoms with E-state index in [1.54, 1.807) is 0 Å². The first kappa shape index (κ1) is 8.52. The molecule has 9 heavy (non-hydrogen) atoms. The van der Waals surface area contributed by atoms with Crippen LogP contribution in [-0.2, 0) is 0 Å². The Hall–Kier alpha value is -0.480. The summed E-state index contributed by atoms with van der Waals surface area (Å²) in [7, 11) is 1.92. The van der Waals surface area contributed by atoms with Gasteiger partial charge in [-0.25, -0.2) is 0 Å². The molecule has 0 radical (unpaired) electrons. The van der Waals surface area contributed by atoms with Crippen molar-refractivity contribution in [3.8, 4) is 11.8 Å². The molecule has 1 nitrogen and oxygen atoms in total. The molecule has 0 fully saturated rings. The molecule has 0 saturated heterocycles. The quantitative estimate of drug-likeness (QED) is 0.522. The summed E-state index contributed by atoms with van der Waals surface area (Å²) < 4.78 is 0. The predicted octanol–water partition coefficient (Wildman–Crippen LogP) is 1.40. The molecule has 1 N–H and O–H groups in total. The van der Waals surface area contributed by atoms with Crippen molar-refractivity contribution in [2.24, 2.45) is 0 Å². The van der Waals surface area contributed by atoms with Crippen molar-refractivity contribution in [2.75, 3.05) is 7.05 Å². The third-order valence-electron chi connectivity index (χ3n) is 1.20. The average molecular weight is 125 g/mol. The molecule has 0 aliphatic heterocycles. The van der Waals surface area contributed by atoms with E-state index in [0.29, 0.717) is 0 Å². The van der Waals surface area contributed by atoms with E-state index in [0.717, 1.165) is 6.42 Å². The largest absolute Gasteiger partial charge is 0.305 e. The van der Waals surface area contributed by atoms with Crippen LogP contribution in [0.4, 0.5) is 0 Å². The molecule has 0 aliphatic carbocycles. The van der Waals surface area contributed by atoms with E-state index in [9.17, 15) is 0 Å². The van der Waals surface area contributed by atoms with Gasteiger partial charge in [0, 0.05) is 6.42 Å². The zero-order valence-corrected chi connectivity index (χ0v) is 6.71. The second kappa shape index (κ2) is 3.53. The zero-order valence-electron chi connectivity index (χ0n) is 6.71. The minimum atomic E-state index is -0.0178. The summed E-state index contributed by atoms with van der Waals surface area (Å²) in [6.07, 6.45) is 0.936. The third kappa shape index (κ3) is 4.05. The fourth-order valence-corrected chi connectivity index (χ4v) is 0.372. The van der Waals surface area contributed by atoms with Gasteiger partial charge in [0.05, 0.1) is 5.54 Å². The van der Waals surface area contributed by atoms with E-state index in [2.05, 4.69) is 37.9 Å². The highest BCUT2D eigenvalue weighted by Gasteiger charge is 2.07. The highest BCUT2D eigenvalue weighted by atomic mass is 14.9. The summed E-state index contributed by atoms with van der Waals surface area (Å²) in [5, 5.41) is 3.10. The van der Waals surface area contributed by atoms with Gasteiger partial charge in [-0.15, -0.1) is 5.92 Å². The van der Waals surface area contributed by atoms with Gasteiger partial charge in [-0.3, -0.25) is 0 Å². The average Bonchev–Trinajstić information content (AvgIpc) is 1.84. The third-order valence-corrected chi connectivity index (χ3v) is 1.20. The van der Waals surface area contributed by atoms with E-state index < -0.39 is 0 Å². The molecule has 0 rings (SSSR count). The summed E-state index contributed by atoms with van der Waals surface area (Å²) in [4.78, 5) is 0. The number of nitrogens with one attached hydrogen (secondary N) is 1. The van der Waals surface area contributed by atoms with E-state index in [1.165, 1.54) is 0 Å². The lowest BCUT2D eigenvalue weighted by Crippen LogP contribution is -2.34. The molecule has 0 aromatic carbocycles. The van der Waals surface area contributed by atoms with Crippen LogP contribution in [0.25, 0.3) is 0 Å². The summed E-state index contributed by atoms with van der Waals surface area (Å²) in [6.45, 7) is 6.18. The minimum Gasteiger partial charge on any atom is -0.305 e. The van der Waals surface area contributed by atoms with Crippen LogP contribution < -0.4 is 5.32 Å². The second-order valence-electron chi connectivity index (χ2n) is 2.53. The Morgan fingerprint density at radius 2 is 2.00 bits per heavy atom. The van der Waals surface area contributed by atoms with E-state index in [-0.39, 0.29) is 5.54 Å². The number of hydrogen-bond acceptors (Lipinski definition) is 1. The SMILES string of the molecule is CCC#CC(C)(C)NC. The van der Waals surface area contributed by atoms with Crippen molar-refractivity contribution in [1.29, 1.82) is 0 Å². The summed E-state index contributed by atoms with van der Waals surface area (Å²) >= 11 is 0. The van der Waals surface area contributed by atoms with Crippen molar-refractivity contribution in [3.05, 3.63) is 0 Å². The number of hydrogen-bond donors (Lipinski definition) is 1. The molecular formula is C8H15N. The Balaban J connectivity index is 3.84. The lowest BCUT2D eigenvalue weighted by Gasteiger charge is -2.15. The molecule has 0 bridgehead atoms. The summed E-state index contributed by atoms with van der Waals surface area (Å²) in [6, 6.07) is 0. The molecule has 0 atom stereocenters. The molecule has 0 heterocycles. The fourth-order valence-electron chi connectivity index (χ4n) is 0.372. The fraction of sp³-hybridized carbons (Fsp3) is 0.750. The Labute approximate surface area is 57.8 Å². The normalized spacial score (nSPS) is 10.2. The van der Waals surface area contributed by atoms with Crippen LogP contribution in [-0.4, -0.2) is 12.6 Å². The van der Waals surface area contributed by atoms with Crippen molar-refractivity contribution in [2.45, 2.75) is 32.7 Å². The van der Waals surface area contributed by atoms with Crippen LogP contribution in [0, 0.1) is 11.8 Å². The smallest absolute Gasteiger partial charge is 0.0741 e. The van der Waals surface area contributed by atoms with E-state index >= 15 is 0 Å². The van der Waals surface area contributed by atoms with Gasteiger partial charge in [0.2, 0.25) is 0 Å². The maximum atomic E-state index is 3.10. The molecule has 0 unspecified atom stereocenters. The first-order valence-electron chi connectivity index (χ1n) is 3.31. The molecule has 0 spiro atoms. The summed E-state index contributed by atoms with van der Waals surface area (Å²) in [5.74, 6) is 6.12. The van der Waals surface area contributed by atoms with Crippen molar-refractivity contribution in [3.63, 3.8) is 0 Å². The van der Waals surface area contributed by atoms with Gasteiger partial charge in [-0.05, 0) is 20.9 Å². The van der Waals surface area contributed by atoms with Gasteiger partial charge in [0.1, 0.15) is 0 Å². The Kier molecular flexibility index (Phi) is 3.34. The van der Waals surface area contributed by atoms with E-state index in [4.69, 9.17) is 0 Å². The van der Waals surface area contributed by atoms with Crippen LogP contribution in [0.5, 0.6) is 0 Å². The Morgan fingerprint density at radius 3 is 2.33 bits per heavy atom. The first-order chi connectivity index (χ1) is 4.12. The Bertz CT molecular complexity index is 125. The van der Waals surface area contributed by atoms with Gasteiger partial charge in [0.15, 0.2) is 0 Å². The van der Waals surface area contributed by atoms with Crippen LogP contribution in [0.2, 0.25) is 0 Å². The molecule has 0 aromatic heterocycles. The highest BCUT2D eigenvalue weighted by Crippen LogP contribution is 1.96. The molecule has 0 saturated carbocycles. The molecule has 1 heteroatoms. The Morgan fingerprint density at radius 1 is 1.44 bits per heavy atom. The second-order valence-corrected chi connectivity index (χ2v) is 2.53. The molecular weight excluding hydrogens is 110 g/mol. The van der Waals surface area contributed by atoms with Gasteiger partial charge in [-0.1, -0.05) is 12.8 Å². The highest BCUT2D eigenvalue weighted by molar-refractivity contribution is 5.13. The zero-order chi connectivity index (χ0) is 7.33. The summed E-state index contributed by atoms with van der Waals surface area (Å²) in [5.41, 5.74) is -0.0178. The maximum absolute atomic E-state index is 3.10. The van der Waals surface area contributed by atoms with Crippen molar-refractivity contribution in [1.82, 2.24) is 5.32 Å². The first-order valence-corrected chi connectivity index (χ1v) is 3.31. The van der Waals surface area contributed by atoms with Crippen LogP contribution in [0.1, 0.15) is 27.2 Å². The van der Waals surface area contributed by atoms with Gasteiger partial charge >= 0.3 is 0 Å². The maximum Gasteiger partial charge on any atom is 0.0741 e. The van der Waals surface area contributed by atoms with Crippen LogP contribution >= 0.6 is 0 Å².